The van der Waals surface area contributed by atoms with Gasteiger partial charge in [-0.3, -0.25) is 9.59 Å². The van der Waals surface area contributed by atoms with Crippen molar-refractivity contribution in [3.05, 3.63) is 88.4 Å². The Balaban J connectivity index is 1.52. The minimum Gasteiger partial charge on any atom is -0.494 e. The number of carbonyl (C=O) groups is 3. The normalized spacial score (nSPS) is 10.5. The van der Waals surface area contributed by atoms with Crippen LogP contribution in [0.4, 0.5) is 0 Å². The minimum absolute atomic E-state index is 0.195. The average Bonchev–Trinajstić information content (AvgIpc) is 2.89. The summed E-state index contributed by atoms with van der Waals surface area (Å²) in [4.78, 5) is 36.6. The third kappa shape index (κ3) is 7.31. The number of halogens is 1. The summed E-state index contributed by atoms with van der Waals surface area (Å²) in [5.74, 6) is -0.398. The Hall–Kier alpha value is -4.37. The summed E-state index contributed by atoms with van der Waals surface area (Å²) < 4.78 is 16.0. The van der Waals surface area contributed by atoms with Gasteiger partial charge in [-0.2, -0.15) is 5.10 Å². The molecule has 0 bridgehead atoms. The molecular weight excluding hydrogens is 486 g/mol. The lowest BCUT2D eigenvalue weighted by molar-refractivity contribution is -0.120. The topological polar surface area (TPSA) is 115 Å². The fourth-order valence-electron chi connectivity index (χ4n) is 2.98. The number of carbonyl (C=O) groups excluding carboxylic acids is 3. The van der Waals surface area contributed by atoms with Gasteiger partial charge >= 0.3 is 5.97 Å². The van der Waals surface area contributed by atoms with Crippen LogP contribution in [-0.4, -0.2) is 44.3 Å². The number of ether oxygens (including phenoxy) is 3. The monoisotopic (exact) mass is 509 g/mol. The fourth-order valence-corrected chi connectivity index (χ4v) is 3.19. The summed E-state index contributed by atoms with van der Waals surface area (Å²) in [7, 11) is 1.43. The molecule has 0 unspecified atom stereocenters. The van der Waals surface area contributed by atoms with Gasteiger partial charge in [0.25, 0.3) is 11.8 Å². The summed E-state index contributed by atoms with van der Waals surface area (Å²) in [6.07, 6.45) is 1.38. The van der Waals surface area contributed by atoms with E-state index in [0.29, 0.717) is 23.5 Å². The van der Waals surface area contributed by atoms with Gasteiger partial charge in [-0.05, 0) is 67.1 Å². The van der Waals surface area contributed by atoms with Gasteiger partial charge in [0.05, 0.1) is 37.1 Å². The molecule has 9 nitrogen and oxygen atoms in total. The van der Waals surface area contributed by atoms with E-state index >= 15 is 0 Å². The number of nitrogens with zero attached hydrogens (tertiary/aromatic N) is 1. The number of amides is 2. The molecule has 0 heterocycles. The van der Waals surface area contributed by atoms with Crippen LogP contribution in [0.5, 0.6) is 17.2 Å². The Morgan fingerprint density at radius 2 is 1.75 bits per heavy atom. The van der Waals surface area contributed by atoms with Crippen LogP contribution in [0.15, 0.2) is 71.8 Å². The number of methoxy groups -OCH3 is 1. The molecule has 0 aliphatic carbocycles. The predicted molar refractivity (Wildman–Crippen MR) is 135 cm³/mol. The maximum Gasteiger partial charge on any atom is 0.345 e. The van der Waals surface area contributed by atoms with Gasteiger partial charge < -0.3 is 19.5 Å². The van der Waals surface area contributed by atoms with E-state index in [1.54, 1.807) is 60.7 Å². The van der Waals surface area contributed by atoms with Crippen LogP contribution in [0.2, 0.25) is 5.02 Å². The van der Waals surface area contributed by atoms with Crippen molar-refractivity contribution in [2.75, 3.05) is 20.3 Å². The van der Waals surface area contributed by atoms with E-state index in [0.717, 1.165) is 0 Å². The molecule has 0 saturated carbocycles. The number of nitrogens with one attached hydrogen (secondary N) is 2. The summed E-state index contributed by atoms with van der Waals surface area (Å²) in [5, 5.41) is 6.67. The molecule has 0 atom stereocenters. The quantitative estimate of drug-likeness (QED) is 0.186. The number of esters is 1. The molecule has 2 amide bonds. The maximum absolute atomic E-state index is 12.4. The summed E-state index contributed by atoms with van der Waals surface area (Å²) in [5.41, 5.74) is 3.53. The zero-order chi connectivity index (χ0) is 25.9. The number of hydrogen-bond donors (Lipinski definition) is 2. The van der Waals surface area contributed by atoms with E-state index < -0.39 is 17.8 Å². The highest BCUT2D eigenvalue weighted by Crippen LogP contribution is 2.29. The highest BCUT2D eigenvalue weighted by Gasteiger charge is 2.15. The smallest absolute Gasteiger partial charge is 0.345 e. The van der Waals surface area contributed by atoms with E-state index in [1.807, 2.05) is 6.92 Å². The standard InChI is InChI=1S/C26H24ClN3O6/c1-3-35-19-11-9-18(10-12-19)25(32)28-16-24(31)30-29-15-17-8-13-22(23(14-17)34-2)36-26(33)20-6-4-5-7-21(20)27/h4-15H,3,16H2,1-2H3,(H,28,32)(H,30,31)/b29-15+. The average molecular weight is 510 g/mol. The van der Waals surface area contributed by atoms with Gasteiger partial charge in [-0.1, -0.05) is 23.7 Å². The largest absolute Gasteiger partial charge is 0.494 e. The lowest BCUT2D eigenvalue weighted by Crippen LogP contribution is -2.34. The third-order valence-electron chi connectivity index (χ3n) is 4.72. The van der Waals surface area contributed by atoms with Crippen molar-refractivity contribution < 1.29 is 28.6 Å². The lowest BCUT2D eigenvalue weighted by Gasteiger charge is -2.10. The number of benzene rings is 3. The molecule has 3 rings (SSSR count). The Bertz CT molecular complexity index is 1260. The summed E-state index contributed by atoms with van der Waals surface area (Å²) in [6, 6.07) is 17.9. The minimum atomic E-state index is -0.625. The zero-order valence-corrected chi connectivity index (χ0v) is 20.4. The molecule has 0 radical (unpaired) electrons. The van der Waals surface area contributed by atoms with Gasteiger partial charge in [-0.15, -0.1) is 0 Å². The second kappa shape index (κ2) is 12.9. The first-order chi connectivity index (χ1) is 17.4. The van der Waals surface area contributed by atoms with Crippen LogP contribution >= 0.6 is 11.6 Å². The molecule has 0 aliphatic heterocycles. The zero-order valence-electron chi connectivity index (χ0n) is 19.6. The van der Waals surface area contributed by atoms with Crippen molar-refractivity contribution in [1.29, 1.82) is 0 Å². The third-order valence-corrected chi connectivity index (χ3v) is 5.05. The maximum atomic E-state index is 12.4. The van der Waals surface area contributed by atoms with Crippen molar-refractivity contribution in [2.45, 2.75) is 6.92 Å². The van der Waals surface area contributed by atoms with E-state index in [4.69, 9.17) is 25.8 Å². The molecule has 0 aromatic heterocycles. The van der Waals surface area contributed by atoms with Gasteiger partial charge in [0.1, 0.15) is 5.75 Å². The van der Waals surface area contributed by atoms with Crippen LogP contribution in [-0.2, 0) is 4.79 Å². The first-order valence-corrected chi connectivity index (χ1v) is 11.3. The Labute approximate surface area is 213 Å². The molecule has 36 heavy (non-hydrogen) atoms. The Morgan fingerprint density at radius 1 is 1.00 bits per heavy atom. The molecule has 0 spiro atoms. The SMILES string of the molecule is CCOc1ccc(C(=O)NCC(=O)N/N=C/c2ccc(OC(=O)c3ccccc3Cl)c(OC)c2)cc1. The Morgan fingerprint density at radius 3 is 2.44 bits per heavy atom. The molecular formula is C26H24ClN3O6. The van der Waals surface area contributed by atoms with Crippen molar-refractivity contribution in [3.8, 4) is 17.2 Å². The second-order valence-electron chi connectivity index (χ2n) is 7.21. The van der Waals surface area contributed by atoms with Crippen molar-refractivity contribution in [3.63, 3.8) is 0 Å². The van der Waals surface area contributed by atoms with Crippen LogP contribution in [0.3, 0.4) is 0 Å². The first kappa shape index (κ1) is 26.2. The van der Waals surface area contributed by atoms with Crippen LogP contribution < -0.4 is 25.0 Å². The van der Waals surface area contributed by atoms with Crippen LogP contribution in [0.1, 0.15) is 33.2 Å². The highest BCUT2D eigenvalue weighted by atomic mass is 35.5. The molecule has 3 aromatic carbocycles. The molecule has 0 saturated heterocycles. The Kier molecular flexibility index (Phi) is 9.41. The van der Waals surface area contributed by atoms with Crippen LogP contribution in [0, 0.1) is 0 Å². The van der Waals surface area contributed by atoms with Gasteiger partial charge in [0, 0.05) is 5.56 Å². The molecule has 2 N–H and O–H groups in total. The summed E-state index contributed by atoms with van der Waals surface area (Å²) in [6.45, 7) is 2.14. The van der Waals surface area contributed by atoms with E-state index in [2.05, 4.69) is 15.8 Å². The predicted octanol–water partition coefficient (Wildman–Crippen LogP) is 3.85. The van der Waals surface area contributed by atoms with Crippen LogP contribution in [0.25, 0.3) is 0 Å². The highest BCUT2D eigenvalue weighted by molar-refractivity contribution is 6.33. The van der Waals surface area contributed by atoms with E-state index in [1.165, 1.54) is 19.4 Å². The number of rotatable bonds is 10. The molecule has 10 heteroatoms. The summed E-state index contributed by atoms with van der Waals surface area (Å²) >= 11 is 6.04. The molecule has 186 valence electrons. The fraction of sp³-hybridized carbons (Fsp3) is 0.154. The van der Waals surface area contributed by atoms with E-state index in [-0.39, 0.29) is 28.6 Å². The second-order valence-corrected chi connectivity index (χ2v) is 7.62. The molecule has 0 fully saturated rings. The van der Waals surface area contributed by atoms with Crippen molar-refractivity contribution in [2.24, 2.45) is 5.10 Å². The lowest BCUT2D eigenvalue weighted by atomic mass is 10.2. The van der Waals surface area contributed by atoms with Crippen molar-refractivity contribution >= 4 is 35.6 Å². The van der Waals surface area contributed by atoms with Gasteiger partial charge in [0.15, 0.2) is 11.5 Å². The number of hydrogen-bond acceptors (Lipinski definition) is 7. The number of hydrazone groups is 1. The van der Waals surface area contributed by atoms with Crippen molar-refractivity contribution in [1.82, 2.24) is 10.7 Å². The molecule has 0 aliphatic rings. The molecule has 3 aromatic rings. The van der Waals surface area contributed by atoms with E-state index in [9.17, 15) is 14.4 Å². The van der Waals surface area contributed by atoms with Gasteiger partial charge in [0.2, 0.25) is 0 Å². The first-order valence-electron chi connectivity index (χ1n) is 10.9. The van der Waals surface area contributed by atoms with Gasteiger partial charge in [-0.25, -0.2) is 10.2 Å².